The molecule has 3 rings (SSSR count). The van der Waals surface area contributed by atoms with Crippen molar-refractivity contribution in [3.63, 3.8) is 0 Å². The average molecular weight is 313 g/mol. The van der Waals surface area contributed by atoms with Crippen molar-refractivity contribution >= 4 is 11.7 Å². The van der Waals surface area contributed by atoms with Gasteiger partial charge in [0.25, 0.3) is 0 Å². The molecule has 0 saturated heterocycles. The van der Waals surface area contributed by atoms with Gasteiger partial charge in [0.1, 0.15) is 5.56 Å². The van der Waals surface area contributed by atoms with E-state index in [1.54, 1.807) is 6.07 Å². The molecule has 2 aromatic carbocycles. The second-order valence-corrected chi connectivity index (χ2v) is 5.25. The van der Waals surface area contributed by atoms with Gasteiger partial charge in [0.05, 0.1) is 14.2 Å². The van der Waals surface area contributed by atoms with Gasteiger partial charge in [-0.15, -0.1) is 0 Å². The molecule has 0 aliphatic carbocycles. The highest BCUT2D eigenvalue weighted by Gasteiger charge is 2.35. The molecule has 1 atom stereocenters. The van der Waals surface area contributed by atoms with Crippen LogP contribution in [0.4, 0.5) is 5.69 Å². The minimum atomic E-state index is -0.537. The van der Waals surface area contributed by atoms with Crippen LogP contribution < -0.4 is 14.8 Å². The summed E-state index contributed by atoms with van der Waals surface area (Å²) in [5.74, 6) is 0.496. The first-order valence-corrected chi connectivity index (χ1v) is 7.49. The fourth-order valence-corrected chi connectivity index (χ4v) is 2.70. The van der Waals surface area contributed by atoms with Crippen LogP contribution in [-0.2, 0) is 11.2 Å². The summed E-state index contributed by atoms with van der Waals surface area (Å²) in [5, 5.41) is 3.23. The van der Waals surface area contributed by atoms with Crippen molar-refractivity contribution in [2.45, 2.75) is 19.6 Å². The smallest absolute Gasteiger partial charge is 0.344 e. The van der Waals surface area contributed by atoms with Crippen molar-refractivity contribution in [1.82, 2.24) is 0 Å². The molecule has 0 amide bonds. The number of nitrogens with one attached hydrogen (secondary N) is 1. The Balaban J connectivity index is 1.92. The third kappa shape index (κ3) is 2.70. The van der Waals surface area contributed by atoms with Crippen molar-refractivity contribution in [3.05, 3.63) is 53.1 Å². The number of aryl methyl sites for hydroxylation is 1. The molecule has 0 bridgehead atoms. The van der Waals surface area contributed by atoms with Crippen molar-refractivity contribution in [2.75, 3.05) is 19.5 Å². The number of benzene rings is 2. The lowest BCUT2D eigenvalue weighted by molar-refractivity contribution is 0.0435. The molecule has 120 valence electrons. The van der Waals surface area contributed by atoms with E-state index in [9.17, 15) is 4.79 Å². The van der Waals surface area contributed by atoms with E-state index in [1.165, 1.54) is 19.8 Å². The van der Waals surface area contributed by atoms with Crippen LogP contribution in [0.1, 0.15) is 34.6 Å². The van der Waals surface area contributed by atoms with Gasteiger partial charge in [0.15, 0.2) is 11.5 Å². The minimum Gasteiger partial charge on any atom is -0.493 e. The van der Waals surface area contributed by atoms with Crippen molar-refractivity contribution < 1.29 is 19.0 Å². The Kier molecular flexibility index (Phi) is 4.10. The zero-order chi connectivity index (χ0) is 16.4. The van der Waals surface area contributed by atoms with Crippen LogP contribution in [0, 0.1) is 0 Å². The third-order valence-corrected chi connectivity index (χ3v) is 3.95. The van der Waals surface area contributed by atoms with Gasteiger partial charge in [-0.3, -0.25) is 0 Å². The lowest BCUT2D eigenvalue weighted by Crippen LogP contribution is -2.10. The van der Waals surface area contributed by atoms with E-state index in [-0.39, 0.29) is 0 Å². The molecule has 1 unspecified atom stereocenters. The molecule has 0 saturated carbocycles. The summed E-state index contributed by atoms with van der Waals surface area (Å²) >= 11 is 0. The summed E-state index contributed by atoms with van der Waals surface area (Å²) in [7, 11) is 3.05. The monoisotopic (exact) mass is 313 g/mol. The molecule has 0 fully saturated rings. The SMILES string of the molecule is CCc1ccc(NC2OC(=O)c3c2ccc(OC)c3OC)cc1. The van der Waals surface area contributed by atoms with Crippen LogP contribution in [0.3, 0.4) is 0 Å². The number of ether oxygens (including phenoxy) is 3. The number of carbonyl (C=O) groups is 1. The number of methoxy groups -OCH3 is 2. The van der Waals surface area contributed by atoms with Crippen LogP contribution >= 0.6 is 0 Å². The summed E-state index contributed by atoms with van der Waals surface area (Å²) in [6, 6.07) is 11.6. The van der Waals surface area contributed by atoms with Gasteiger partial charge in [-0.2, -0.15) is 0 Å². The molecule has 0 radical (unpaired) electrons. The Hall–Kier alpha value is -2.69. The Labute approximate surface area is 135 Å². The fraction of sp³-hybridized carbons (Fsp3) is 0.278. The number of fused-ring (bicyclic) bond motifs is 1. The molecule has 1 heterocycles. The Morgan fingerprint density at radius 2 is 1.83 bits per heavy atom. The van der Waals surface area contributed by atoms with Gasteiger partial charge in [0, 0.05) is 11.3 Å². The minimum absolute atomic E-state index is 0.403. The van der Waals surface area contributed by atoms with Gasteiger partial charge in [-0.05, 0) is 36.2 Å². The molecule has 1 N–H and O–H groups in total. The van der Waals surface area contributed by atoms with E-state index in [4.69, 9.17) is 14.2 Å². The normalized spacial score (nSPS) is 15.8. The zero-order valence-corrected chi connectivity index (χ0v) is 13.4. The first kappa shape index (κ1) is 15.2. The van der Waals surface area contributed by atoms with E-state index in [0.717, 1.165) is 17.7 Å². The first-order chi connectivity index (χ1) is 11.2. The van der Waals surface area contributed by atoms with Crippen molar-refractivity contribution in [1.29, 1.82) is 0 Å². The van der Waals surface area contributed by atoms with E-state index >= 15 is 0 Å². The zero-order valence-electron chi connectivity index (χ0n) is 13.4. The van der Waals surface area contributed by atoms with Crippen LogP contribution in [0.5, 0.6) is 11.5 Å². The van der Waals surface area contributed by atoms with Crippen molar-refractivity contribution in [2.24, 2.45) is 0 Å². The number of esters is 1. The number of hydrogen-bond acceptors (Lipinski definition) is 5. The Morgan fingerprint density at radius 1 is 1.09 bits per heavy atom. The molecule has 0 aromatic heterocycles. The second-order valence-electron chi connectivity index (χ2n) is 5.25. The highest BCUT2D eigenvalue weighted by Crippen LogP contribution is 2.41. The predicted octanol–water partition coefficient (Wildman–Crippen LogP) is 3.55. The molecule has 1 aliphatic rings. The maximum atomic E-state index is 12.2. The van der Waals surface area contributed by atoms with E-state index in [0.29, 0.717) is 17.1 Å². The Morgan fingerprint density at radius 3 is 2.43 bits per heavy atom. The van der Waals surface area contributed by atoms with E-state index in [1.807, 2.05) is 18.2 Å². The predicted molar refractivity (Wildman–Crippen MR) is 87.1 cm³/mol. The van der Waals surface area contributed by atoms with E-state index < -0.39 is 12.2 Å². The lowest BCUT2D eigenvalue weighted by atomic mass is 10.1. The van der Waals surface area contributed by atoms with Gasteiger partial charge in [-0.25, -0.2) is 4.79 Å². The molecule has 5 nitrogen and oxygen atoms in total. The molecule has 1 aliphatic heterocycles. The molecular weight excluding hydrogens is 294 g/mol. The van der Waals surface area contributed by atoms with Gasteiger partial charge < -0.3 is 19.5 Å². The number of anilines is 1. The number of carbonyl (C=O) groups excluding carboxylic acids is 1. The summed E-state index contributed by atoms with van der Waals surface area (Å²) in [6.07, 6.45) is 0.447. The molecule has 2 aromatic rings. The lowest BCUT2D eigenvalue weighted by Gasteiger charge is -2.15. The fourth-order valence-electron chi connectivity index (χ4n) is 2.70. The number of rotatable bonds is 5. The summed E-state index contributed by atoms with van der Waals surface area (Å²) in [5.41, 5.74) is 3.30. The maximum absolute atomic E-state index is 12.2. The second kappa shape index (κ2) is 6.20. The summed E-state index contributed by atoms with van der Waals surface area (Å²) in [6.45, 7) is 2.11. The number of cyclic esters (lactones) is 1. The standard InChI is InChI=1S/C18H19NO4/c1-4-11-5-7-12(8-6-11)19-17-13-9-10-14(21-2)16(22-3)15(13)18(20)23-17/h5-10,17,19H,4H2,1-3H3. The Bertz CT molecular complexity index is 725. The van der Waals surface area contributed by atoms with E-state index in [2.05, 4.69) is 24.4 Å². The van der Waals surface area contributed by atoms with Gasteiger partial charge in [-0.1, -0.05) is 19.1 Å². The molecule has 0 spiro atoms. The van der Waals surface area contributed by atoms with Crippen molar-refractivity contribution in [3.8, 4) is 11.5 Å². The highest BCUT2D eigenvalue weighted by molar-refractivity contribution is 5.98. The van der Waals surface area contributed by atoms with Crippen LogP contribution in [0.15, 0.2) is 36.4 Å². The van der Waals surface area contributed by atoms with Crippen LogP contribution in [0.25, 0.3) is 0 Å². The summed E-state index contributed by atoms with van der Waals surface area (Å²) < 4.78 is 16.0. The van der Waals surface area contributed by atoms with Crippen LogP contribution in [-0.4, -0.2) is 20.2 Å². The largest absolute Gasteiger partial charge is 0.493 e. The topological polar surface area (TPSA) is 56.8 Å². The van der Waals surface area contributed by atoms with Crippen LogP contribution in [0.2, 0.25) is 0 Å². The van der Waals surface area contributed by atoms with Gasteiger partial charge in [0.2, 0.25) is 6.23 Å². The first-order valence-electron chi connectivity index (χ1n) is 7.49. The summed E-state index contributed by atoms with van der Waals surface area (Å²) in [4.78, 5) is 12.2. The van der Waals surface area contributed by atoms with Gasteiger partial charge >= 0.3 is 5.97 Å². The quantitative estimate of drug-likeness (QED) is 0.856. The molecule has 23 heavy (non-hydrogen) atoms. The molecular formula is C18H19NO4. The highest BCUT2D eigenvalue weighted by atomic mass is 16.6. The third-order valence-electron chi connectivity index (χ3n) is 3.95. The maximum Gasteiger partial charge on any atom is 0.344 e. The number of hydrogen-bond donors (Lipinski definition) is 1. The average Bonchev–Trinajstić information content (AvgIpc) is 2.90. The molecule has 5 heteroatoms.